The number of carbonyl (C=O) groups is 2. The number of carbonyl (C=O) groups excluding carboxylic acids is 2. The maximum absolute atomic E-state index is 12.3. The Balaban J connectivity index is 2.95. The summed E-state index contributed by atoms with van der Waals surface area (Å²) >= 11 is 0. The van der Waals surface area contributed by atoms with Crippen LogP contribution >= 0.6 is 0 Å². The molecule has 1 N–H and O–H groups in total. The van der Waals surface area contributed by atoms with Crippen molar-refractivity contribution in [3.8, 4) is 6.07 Å². The van der Waals surface area contributed by atoms with Crippen molar-refractivity contribution in [2.75, 3.05) is 7.11 Å². The first-order valence-electron chi connectivity index (χ1n) is 6.73. The zero-order chi connectivity index (χ0) is 16.0. The van der Waals surface area contributed by atoms with E-state index in [2.05, 4.69) is 5.32 Å². The molecule has 0 aliphatic heterocycles. The molecule has 21 heavy (non-hydrogen) atoms. The van der Waals surface area contributed by atoms with E-state index in [0.717, 1.165) is 11.1 Å². The average molecular weight is 288 g/mol. The number of ether oxygens (including phenoxy) is 1. The second-order valence-corrected chi connectivity index (χ2v) is 5.19. The molecule has 1 amide bonds. The van der Waals surface area contributed by atoms with Gasteiger partial charge in [-0.05, 0) is 26.0 Å². The van der Waals surface area contributed by atoms with E-state index >= 15 is 0 Å². The van der Waals surface area contributed by atoms with Crippen LogP contribution in [0.4, 0.5) is 0 Å². The summed E-state index contributed by atoms with van der Waals surface area (Å²) in [6.45, 7) is 5.53. The number of benzene rings is 1. The largest absolute Gasteiger partial charge is 0.467 e. The van der Waals surface area contributed by atoms with E-state index in [1.807, 2.05) is 26.0 Å². The SMILES string of the molecule is COC(=O)[C@H](NC(=O)c1cc(C)cc(C)c1)[C@@H](C)CC#N. The third-order valence-electron chi connectivity index (χ3n) is 3.21. The number of esters is 1. The first kappa shape index (κ1) is 16.7. The number of methoxy groups -OCH3 is 1. The van der Waals surface area contributed by atoms with Gasteiger partial charge in [-0.2, -0.15) is 5.26 Å². The fourth-order valence-electron chi connectivity index (χ4n) is 2.15. The van der Waals surface area contributed by atoms with Gasteiger partial charge in [0.2, 0.25) is 0 Å². The highest BCUT2D eigenvalue weighted by Gasteiger charge is 2.28. The summed E-state index contributed by atoms with van der Waals surface area (Å²) in [4.78, 5) is 24.1. The molecule has 0 bridgehead atoms. The number of nitrogens with zero attached hydrogens (tertiary/aromatic N) is 1. The molecular formula is C16H20N2O3. The van der Waals surface area contributed by atoms with Crippen molar-refractivity contribution in [1.82, 2.24) is 5.32 Å². The van der Waals surface area contributed by atoms with Crippen molar-refractivity contribution in [2.45, 2.75) is 33.2 Å². The minimum Gasteiger partial charge on any atom is -0.467 e. The lowest BCUT2D eigenvalue weighted by atomic mass is 9.98. The van der Waals surface area contributed by atoms with Crippen LogP contribution in [0.1, 0.15) is 34.8 Å². The van der Waals surface area contributed by atoms with E-state index in [0.29, 0.717) is 5.56 Å². The molecule has 0 aliphatic carbocycles. The van der Waals surface area contributed by atoms with Crippen molar-refractivity contribution >= 4 is 11.9 Å². The van der Waals surface area contributed by atoms with Crippen LogP contribution in [0.5, 0.6) is 0 Å². The standard InChI is InChI=1S/C16H20N2O3/c1-10-7-11(2)9-13(8-10)15(19)18-14(16(20)21-4)12(3)5-6-17/h7-9,12,14H,5H2,1-4H3,(H,18,19)/t12-,14+/m0/s1. The van der Waals surface area contributed by atoms with Gasteiger partial charge in [0.1, 0.15) is 6.04 Å². The number of amides is 1. The fourth-order valence-corrected chi connectivity index (χ4v) is 2.15. The summed E-state index contributed by atoms with van der Waals surface area (Å²) < 4.78 is 4.70. The molecule has 1 aromatic rings. The molecular weight excluding hydrogens is 268 g/mol. The van der Waals surface area contributed by atoms with E-state index in [4.69, 9.17) is 10.00 Å². The molecule has 0 unspecified atom stereocenters. The number of hydrogen-bond acceptors (Lipinski definition) is 4. The van der Waals surface area contributed by atoms with Crippen LogP contribution in [0.25, 0.3) is 0 Å². The number of nitrogens with one attached hydrogen (secondary N) is 1. The molecule has 0 aliphatic rings. The molecule has 0 spiro atoms. The van der Waals surface area contributed by atoms with Gasteiger partial charge in [0.15, 0.2) is 0 Å². The molecule has 0 saturated heterocycles. The third kappa shape index (κ3) is 4.60. The van der Waals surface area contributed by atoms with Gasteiger partial charge in [0.05, 0.1) is 13.2 Å². The van der Waals surface area contributed by atoms with E-state index in [9.17, 15) is 9.59 Å². The van der Waals surface area contributed by atoms with Crippen LogP contribution in [0, 0.1) is 31.1 Å². The first-order chi connectivity index (χ1) is 9.88. The minimum absolute atomic E-state index is 0.160. The Morgan fingerprint density at radius 1 is 1.29 bits per heavy atom. The van der Waals surface area contributed by atoms with Crippen molar-refractivity contribution in [3.05, 3.63) is 34.9 Å². The average Bonchev–Trinajstić information content (AvgIpc) is 2.42. The van der Waals surface area contributed by atoms with Crippen LogP contribution < -0.4 is 5.32 Å². The van der Waals surface area contributed by atoms with Crippen LogP contribution in [0.3, 0.4) is 0 Å². The predicted octanol–water partition coefficient (Wildman–Crippen LogP) is 2.12. The van der Waals surface area contributed by atoms with Gasteiger partial charge in [-0.15, -0.1) is 0 Å². The second-order valence-electron chi connectivity index (χ2n) is 5.19. The Morgan fingerprint density at radius 2 is 1.86 bits per heavy atom. The summed E-state index contributed by atoms with van der Waals surface area (Å²) in [5.74, 6) is -1.21. The van der Waals surface area contributed by atoms with Crippen molar-refractivity contribution in [2.24, 2.45) is 5.92 Å². The van der Waals surface area contributed by atoms with Gasteiger partial charge < -0.3 is 10.1 Å². The minimum atomic E-state index is -0.831. The predicted molar refractivity (Wildman–Crippen MR) is 78.6 cm³/mol. The molecule has 1 rings (SSSR count). The second kappa shape index (κ2) is 7.44. The van der Waals surface area contributed by atoms with Gasteiger partial charge in [-0.1, -0.05) is 24.1 Å². The van der Waals surface area contributed by atoms with E-state index in [1.54, 1.807) is 19.1 Å². The van der Waals surface area contributed by atoms with Gasteiger partial charge in [0.25, 0.3) is 5.91 Å². The van der Waals surface area contributed by atoms with E-state index < -0.39 is 12.0 Å². The molecule has 0 aromatic heterocycles. The number of rotatable bonds is 5. The number of aryl methyl sites for hydroxylation is 2. The summed E-state index contributed by atoms with van der Waals surface area (Å²) in [6.07, 6.45) is 0.160. The van der Waals surface area contributed by atoms with Gasteiger partial charge in [-0.3, -0.25) is 4.79 Å². The Kier molecular flexibility index (Phi) is 5.92. The molecule has 5 heteroatoms. The summed E-state index contributed by atoms with van der Waals surface area (Å²) in [6, 6.07) is 6.64. The van der Waals surface area contributed by atoms with Crippen LogP contribution in [-0.2, 0) is 9.53 Å². The molecule has 0 heterocycles. The maximum atomic E-state index is 12.3. The van der Waals surface area contributed by atoms with Crippen LogP contribution in [0.2, 0.25) is 0 Å². The number of nitriles is 1. The monoisotopic (exact) mass is 288 g/mol. The lowest BCUT2D eigenvalue weighted by Gasteiger charge is -2.21. The highest BCUT2D eigenvalue weighted by atomic mass is 16.5. The zero-order valence-electron chi connectivity index (χ0n) is 12.8. The van der Waals surface area contributed by atoms with Crippen LogP contribution in [0.15, 0.2) is 18.2 Å². The lowest BCUT2D eigenvalue weighted by Crippen LogP contribution is -2.45. The fraction of sp³-hybridized carbons (Fsp3) is 0.438. The van der Waals surface area contributed by atoms with Gasteiger partial charge in [-0.25, -0.2) is 4.79 Å². The Hall–Kier alpha value is -2.35. The van der Waals surface area contributed by atoms with Crippen molar-refractivity contribution < 1.29 is 14.3 Å². The highest BCUT2D eigenvalue weighted by molar-refractivity contribution is 5.97. The molecule has 0 fully saturated rings. The van der Waals surface area contributed by atoms with Gasteiger partial charge >= 0.3 is 5.97 Å². The smallest absolute Gasteiger partial charge is 0.328 e. The maximum Gasteiger partial charge on any atom is 0.328 e. The molecule has 5 nitrogen and oxygen atoms in total. The first-order valence-corrected chi connectivity index (χ1v) is 6.73. The van der Waals surface area contributed by atoms with Crippen LogP contribution in [-0.4, -0.2) is 25.0 Å². The summed E-state index contributed by atoms with van der Waals surface area (Å²) in [5, 5.41) is 11.4. The Labute approximate surface area is 124 Å². The Morgan fingerprint density at radius 3 is 2.33 bits per heavy atom. The topological polar surface area (TPSA) is 79.2 Å². The normalized spacial score (nSPS) is 12.9. The lowest BCUT2D eigenvalue weighted by molar-refractivity contribution is -0.144. The van der Waals surface area contributed by atoms with Crippen molar-refractivity contribution in [1.29, 1.82) is 5.26 Å². The third-order valence-corrected chi connectivity index (χ3v) is 3.21. The molecule has 2 atom stereocenters. The highest BCUT2D eigenvalue weighted by Crippen LogP contribution is 2.13. The quantitative estimate of drug-likeness (QED) is 0.842. The van der Waals surface area contributed by atoms with Gasteiger partial charge in [0, 0.05) is 17.9 Å². The Bertz CT molecular complexity index is 555. The molecule has 1 aromatic carbocycles. The molecule has 0 radical (unpaired) electrons. The zero-order valence-corrected chi connectivity index (χ0v) is 12.8. The number of hydrogen-bond donors (Lipinski definition) is 1. The summed E-state index contributed by atoms with van der Waals surface area (Å²) in [7, 11) is 1.26. The molecule has 0 saturated carbocycles. The van der Waals surface area contributed by atoms with Crippen molar-refractivity contribution in [3.63, 3.8) is 0 Å². The molecule has 112 valence electrons. The van der Waals surface area contributed by atoms with E-state index in [-0.39, 0.29) is 18.2 Å². The summed E-state index contributed by atoms with van der Waals surface area (Å²) in [5.41, 5.74) is 2.44. The van der Waals surface area contributed by atoms with E-state index in [1.165, 1.54) is 7.11 Å².